The van der Waals surface area contributed by atoms with Crippen LogP contribution in [0.1, 0.15) is 42.5 Å². The van der Waals surface area contributed by atoms with Crippen molar-refractivity contribution in [3.05, 3.63) is 58.7 Å². The van der Waals surface area contributed by atoms with Crippen molar-refractivity contribution < 1.29 is 9.47 Å². The molecule has 0 unspecified atom stereocenters. The van der Waals surface area contributed by atoms with Crippen molar-refractivity contribution in [2.75, 3.05) is 13.3 Å². The van der Waals surface area contributed by atoms with Crippen LogP contribution in [-0.4, -0.2) is 18.2 Å². The van der Waals surface area contributed by atoms with Crippen LogP contribution in [-0.2, 0) is 19.5 Å². The normalized spacial score (nSPS) is 15.5. The molecule has 2 heterocycles. The Balaban J connectivity index is 0.000000526. The SMILES string of the molecule is CCC.Cc1cccc2c1CCN(Cc1ccc3c(c1)OCO3)C2. The summed E-state index contributed by atoms with van der Waals surface area (Å²) in [5.41, 5.74) is 5.73. The minimum atomic E-state index is 0.342. The highest BCUT2D eigenvalue weighted by Crippen LogP contribution is 2.33. The number of ether oxygens (including phenoxy) is 2. The largest absolute Gasteiger partial charge is 0.454 e. The van der Waals surface area contributed by atoms with Crippen LogP contribution in [0, 0.1) is 6.92 Å². The van der Waals surface area contributed by atoms with Gasteiger partial charge < -0.3 is 9.47 Å². The Hall–Kier alpha value is -2.00. The van der Waals surface area contributed by atoms with E-state index < -0.39 is 0 Å². The predicted molar refractivity (Wildman–Crippen MR) is 97.5 cm³/mol. The Labute approximate surface area is 145 Å². The van der Waals surface area contributed by atoms with Crippen molar-refractivity contribution in [2.24, 2.45) is 0 Å². The van der Waals surface area contributed by atoms with Crippen LogP contribution in [0.3, 0.4) is 0 Å². The fraction of sp³-hybridized carbons (Fsp3) is 0.429. The summed E-state index contributed by atoms with van der Waals surface area (Å²) in [4.78, 5) is 2.50. The first kappa shape index (κ1) is 16.8. The first-order valence-electron chi connectivity index (χ1n) is 8.89. The standard InChI is InChI=1S/C18H19NO2.C3H8/c1-13-3-2-4-15-11-19(8-7-16(13)15)10-14-5-6-17-18(9-14)21-12-20-17;1-3-2/h2-6,9H,7-8,10-12H2,1H3;3H2,1-2H3. The summed E-state index contributed by atoms with van der Waals surface area (Å²) in [5, 5.41) is 0. The molecular formula is C21H27NO2. The molecule has 0 aliphatic carbocycles. The molecule has 3 nitrogen and oxygen atoms in total. The Morgan fingerprint density at radius 2 is 1.83 bits per heavy atom. The lowest BCUT2D eigenvalue weighted by atomic mass is 9.95. The maximum Gasteiger partial charge on any atom is 0.231 e. The van der Waals surface area contributed by atoms with Gasteiger partial charge in [0.2, 0.25) is 6.79 Å². The van der Waals surface area contributed by atoms with Crippen molar-refractivity contribution in [2.45, 2.75) is 46.7 Å². The molecule has 2 aliphatic heterocycles. The van der Waals surface area contributed by atoms with E-state index in [2.05, 4.69) is 56.0 Å². The van der Waals surface area contributed by atoms with Crippen LogP contribution < -0.4 is 9.47 Å². The maximum atomic E-state index is 5.46. The summed E-state index contributed by atoms with van der Waals surface area (Å²) in [7, 11) is 0. The number of fused-ring (bicyclic) bond motifs is 2. The number of hydrogen-bond acceptors (Lipinski definition) is 3. The van der Waals surface area contributed by atoms with Crippen molar-refractivity contribution in [3.63, 3.8) is 0 Å². The number of rotatable bonds is 2. The Morgan fingerprint density at radius 3 is 2.67 bits per heavy atom. The molecule has 4 rings (SSSR count). The lowest BCUT2D eigenvalue weighted by Gasteiger charge is -2.29. The molecule has 2 aromatic rings. The van der Waals surface area contributed by atoms with Crippen LogP contribution in [0.15, 0.2) is 36.4 Å². The summed E-state index contributed by atoms with van der Waals surface area (Å²) < 4.78 is 10.8. The number of aryl methyl sites for hydroxylation is 1. The summed E-state index contributed by atoms with van der Waals surface area (Å²) in [6, 6.07) is 12.9. The van der Waals surface area contributed by atoms with Gasteiger partial charge in [-0.25, -0.2) is 0 Å². The van der Waals surface area contributed by atoms with Gasteiger partial charge in [0, 0.05) is 19.6 Å². The average molecular weight is 325 g/mol. The zero-order chi connectivity index (χ0) is 16.9. The molecule has 0 amide bonds. The second kappa shape index (κ2) is 7.71. The van der Waals surface area contributed by atoms with Crippen LogP contribution in [0.2, 0.25) is 0 Å². The lowest BCUT2D eigenvalue weighted by Crippen LogP contribution is -2.30. The smallest absolute Gasteiger partial charge is 0.231 e. The molecule has 0 radical (unpaired) electrons. The van der Waals surface area contributed by atoms with E-state index >= 15 is 0 Å². The highest BCUT2D eigenvalue weighted by Gasteiger charge is 2.19. The topological polar surface area (TPSA) is 21.7 Å². The molecule has 0 aromatic heterocycles. The molecule has 2 aliphatic rings. The number of nitrogens with zero attached hydrogens (tertiary/aromatic N) is 1. The maximum absolute atomic E-state index is 5.46. The van der Waals surface area contributed by atoms with Crippen molar-refractivity contribution >= 4 is 0 Å². The van der Waals surface area contributed by atoms with Gasteiger partial charge >= 0.3 is 0 Å². The van der Waals surface area contributed by atoms with E-state index in [0.717, 1.165) is 37.6 Å². The summed E-state index contributed by atoms with van der Waals surface area (Å²) in [5.74, 6) is 1.74. The molecule has 0 fully saturated rings. The second-order valence-electron chi connectivity index (χ2n) is 6.57. The molecule has 24 heavy (non-hydrogen) atoms. The molecule has 2 aromatic carbocycles. The monoisotopic (exact) mass is 325 g/mol. The van der Waals surface area contributed by atoms with Gasteiger partial charge in [-0.05, 0) is 47.7 Å². The molecule has 0 atom stereocenters. The van der Waals surface area contributed by atoms with Gasteiger partial charge in [-0.2, -0.15) is 0 Å². The zero-order valence-corrected chi connectivity index (χ0v) is 15.0. The quantitative estimate of drug-likeness (QED) is 0.799. The molecule has 128 valence electrons. The van der Waals surface area contributed by atoms with E-state index in [0.29, 0.717) is 6.79 Å². The predicted octanol–water partition coefficient (Wildman–Crippen LogP) is 4.70. The highest BCUT2D eigenvalue weighted by atomic mass is 16.7. The van der Waals surface area contributed by atoms with Gasteiger partial charge in [0.1, 0.15) is 0 Å². The van der Waals surface area contributed by atoms with Crippen molar-refractivity contribution in [1.82, 2.24) is 4.90 Å². The summed E-state index contributed by atoms with van der Waals surface area (Å²) >= 11 is 0. The Kier molecular flexibility index (Phi) is 5.41. The molecule has 0 bridgehead atoms. The van der Waals surface area contributed by atoms with E-state index in [9.17, 15) is 0 Å². The van der Waals surface area contributed by atoms with Gasteiger partial charge in [-0.3, -0.25) is 4.90 Å². The summed E-state index contributed by atoms with van der Waals surface area (Å²) in [6.45, 7) is 9.92. The van der Waals surface area contributed by atoms with E-state index in [1.54, 1.807) is 5.56 Å². The highest BCUT2D eigenvalue weighted by molar-refractivity contribution is 5.44. The van der Waals surface area contributed by atoms with Crippen molar-refractivity contribution in [3.8, 4) is 11.5 Å². The molecule has 0 N–H and O–H groups in total. The Bertz CT molecular complexity index is 696. The fourth-order valence-electron chi connectivity index (χ4n) is 3.29. The zero-order valence-electron chi connectivity index (χ0n) is 15.0. The van der Waals surface area contributed by atoms with Gasteiger partial charge in [0.15, 0.2) is 11.5 Å². The van der Waals surface area contributed by atoms with Crippen molar-refractivity contribution in [1.29, 1.82) is 0 Å². The molecule has 0 spiro atoms. The average Bonchev–Trinajstić information content (AvgIpc) is 3.03. The minimum absolute atomic E-state index is 0.342. The fourth-order valence-corrected chi connectivity index (χ4v) is 3.29. The van der Waals surface area contributed by atoms with Crippen LogP contribution >= 0.6 is 0 Å². The molecule has 0 saturated heterocycles. The first-order chi connectivity index (χ1) is 11.7. The molecule has 0 saturated carbocycles. The van der Waals surface area contributed by atoms with Crippen LogP contribution in [0.5, 0.6) is 11.5 Å². The van der Waals surface area contributed by atoms with E-state index in [1.165, 1.54) is 23.1 Å². The van der Waals surface area contributed by atoms with Crippen LogP contribution in [0.4, 0.5) is 0 Å². The van der Waals surface area contributed by atoms with Gasteiger partial charge in [0.05, 0.1) is 0 Å². The second-order valence-corrected chi connectivity index (χ2v) is 6.57. The minimum Gasteiger partial charge on any atom is -0.454 e. The molecule has 3 heteroatoms. The Morgan fingerprint density at radius 1 is 1.04 bits per heavy atom. The lowest BCUT2D eigenvalue weighted by molar-refractivity contribution is 0.174. The third-order valence-electron chi connectivity index (χ3n) is 4.42. The molecular weight excluding hydrogens is 298 g/mol. The van der Waals surface area contributed by atoms with Crippen LogP contribution in [0.25, 0.3) is 0 Å². The van der Waals surface area contributed by atoms with Gasteiger partial charge in [0.25, 0.3) is 0 Å². The van der Waals surface area contributed by atoms with E-state index in [-0.39, 0.29) is 0 Å². The van der Waals surface area contributed by atoms with E-state index in [4.69, 9.17) is 9.47 Å². The van der Waals surface area contributed by atoms with Gasteiger partial charge in [-0.15, -0.1) is 0 Å². The van der Waals surface area contributed by atoms with E-state index in [1.807, 2.05) is 6.07 Å². The number of hydrogen-bond donors (Lipinski definition) is 0. The first-order valence-corrected chi connectivity index (χ1v) is 8.89. The summed E-state index contributed by atoms with van der Waals surface area (Å²) in [6.07, 6.45) is 2.40. The third kappa shape index (κ3) is 3.73. The third-order valence-corrected chi connectivity index (χ3v) is 4.42. The number of benzene rings is 2. The van der Waals surface area contributed by atoms with Gasteiger partial charge in [-0.1, -0.05) is 44.5 Å².